The van der Waals surface area contributed by atoms with Crippen molar-refractivity contribution in [2.45, 2.75) is 32.5 Å². The molecule has 0 unspecified atom stereocenters. The smallest absolute Gasteiger partial charge is 0.0654 e. The highest BCUT2D eigenvalue weighted by Crippen LogP contribution is 2.55. The van der Waals surface area contributed by atoms with Gasteiger partial charge in [-0.1, -0.05) is 74.2 Å². The van der Waals surface area contributed by atoms with E-state index in [2.05, 4.69) is 72.8 Å². The zero-order valence-corrected chi connectivity index (χ0v) is 15.3. The van der Waals surface area contributed by atoms with Gasteiger partial charge in [0.2, 0.25) is 0 Å². The summed E-state index contributed by atoms with van der Waals surface area (Å²) >= 11 is 0. The molecule has 0 nitrogen and oxygen atoms in total. The number of benzene rings is 3. The zero-order chi connectivity index (χ0) is 21.7. The van der Waals surface area contributed by atoms with Crippen LogP contribution in [-0.2, 0) is 0 Å². The predicted molar refractivity (Wildman–Crippen MR) is 114 cm³/mol. The second kappa shape index (κ2) is 8.97. The Hall–Kier alpha value is -1.91. The van der Waals surface area contributed by atoms with Crippen LogP contribution >= 0.6 is 7.26 Å². The molecule has 0 bridgehead atoms. The summed E-state index contributed by atoms with van der Waals surface area (Å²) in [6, 6.07) is 31.7. The van der Waals surface area contributed by atoms with Crippen LogP contribution in [0.2, 0.25) is 0 Å². The Kier molecular flexibility index (Phi) is 4.47. The number of unbranched alkanes of at least 4 members (excludes halogenated alkanes) is 1. The highest BCUT2D eigenvalue weighted by molar-refractivity contribution is 7.95. The summed E-state index contributed by atoms with van der Waals surface area (Å²) in [5.74, 6) is 0. The number of hydrogen-bond donors (Lipinski definition) is 0. The Balaban J connectivity index is 1.98. The summed E-state index contributed by atoms with van der Waals surface area (Å²) in [6.07, 6.45) is 0.0754. The first-order valence-electron chi connectivity index (χ1n) is 11.3. The van der Waals surface area contributed by atoms with Gasteiger partial charge in [-0.05, 0) is 49.2 Å². The molecule has 1 heteroatoms. The van der Waals surface area contributed by atoms with E-state index in [1.807, 2.05) is 18.2 Å². The fraction of sp³-hybridized carbons (Fsp3) is 0.250. The first-order chi connectivity index (χ1) is 14.3. The van der Waals surface area contributed by atoms with Crippen molar-refractivity contribution >= 4 is 23.2 Å². The number of hydrogen-bond acceptors (Lipinski definition) is 0. The minimum atomic E-state index is -2.59. The van der Waals surface area contributed by atoms with Gasteiger partial charge in [-0.3, -0.25) is 0 Å². The monoisotopic (exact) mass is 352 g/mol. The molecule has 0 N–H and O–H groups in total. The molecule has 0 saturated heterocycles. The molecule has 0 aliphatic carbocycles. The van der Waals surface area contributed by atoms with E-state index in [1.54, 1.807) is 0 Å². The standard InChI is InChI=1S/C24H28P/c1-2-3-4-14-21-25(22-15-8-5-9-16-22,23-17-10-6-11-18-23)24-19-12-7-13-20-24/h5-13,15-20H,2-4,14,21H2,1H3/q+1/i1D3,2D2. The third kappa shape index (κ3) is 4.02. The minimum Gasteiger partial charge on any atom is -0.0654 e. The molecule has 0 aromatic heterocycles. The lowest BCUT2D eigenvalue weighted by Crippen LogP contribution is -2.33. The molecule has 0 aliphatic heterocycles. The van der Waals surface area contributed by atoms with Gasteiger partial charge in [0.25, 0.3) is 0 Å². The Morgan fingerprint density at radius 2 is 1.08 bits per heavy atom. The van der Waals surface area contributed by atoms with Gasteiger partial charge in [0, 0.05) is 6.85 Å². The molecular weight excluding hydrogens is 319 g/mol. The molecule has 0 spiro atoms. The van der Waals surface area contributed by atoms with Crippen LogP contribution in [0.1, 0.15) is 39.3 Å². The summed E-state index contributed by atoms with van der Waals surface area (Å²) in [5.41, 5.74) is 0. The predicted octanol–water partition coefficient (Wildman–Crippen LogP) is 5.56. The molecule has 3 rings (SSSR count). The first-order valence-corrected chi connectivity index (χ1v) is 10.8. The second-order valence-corrected chi connectivity index (χ2v) is 9.79. The van der Waals surface area contributed by atoms with E-state index < -0.39 is 20.5 Å². The van der Waals surface area contributed by atoms with Gasteiger partial charge in [-0.15, -0.1) is 0 Å². The summed E-state index contributed by atoms with van der Waals surface area (Å²) in [7, 11) is -1.94. The van der Waals surface area contributed by atoms with Crippen LogP contribution in [0.25, 0.3) is 0 Å². The second-order valence-electron chi connectivity index (χ2n) is 6.17. The van der Waals surface area contributed by atoms with Crippen molar-refractivity contribution in [3.05, 3.63) is 91.0 Å². The Morgan fingerprint density at radius 1 is 0.640 bits per heavy atom. The van der Waals surface area contributed by atoms with Crippen LogP contribution in [-0.4, -0.2) is 6.16 Å². The quantitative estimate of drug-likeness (QED) is 0.368. The summed E-state index contributed by atoms with van der Waals surface area (Å²) in [5, 5.41) is 3.88. The molecule has 0 amide bonds. The van der Waals surface area contributed by atoms with E-state index in [0.29, 0.717) is 6.42 Å². The van der Waals surface area contributed by atoms with Crippen molar-refractivity contribution in [2.75, 3.05) is 6.16 Å². The molecule has 128 valence electrons. The largest absolute Gasteiger partial charge is 0.112 e. The van der Waals surface area contributed by atoms with Crippen LogP contribution in [0.4, 0.5) is 0 Å². The van der Waals surface area contributed by atoms with E-state index in [1.165, 1.54) is 15.9 Å². The van der Waals surface area contributed by atoms with E-state index in [9.17, 15) is 0 Å². The molecule has 0 heterocycles. The maximum Gasteiger partial charge on any atom is 0.112 e. The van der Waals surface area contributed by atoms with E-state index in [-0.39, 0.29) is 6.42 Å². The summed E-state index contributed by atoms with van der Waals surface area (Å²) in [4.78, 5) is 0. The lowest BCUT2D eigenvalue weighted by molar-refractivity contribution is 0.705. The normalized spacial score (nSPS) is 15.4. The van der Waals surface area contributed by atoms with Crippen LogP contribution < -0.4 is 15.9 Å². The van der Waals surface area contributed by atoms with E-state index >= 15 is 0 Å². The summed E-state index contributed by atoms with van der Waals surface area (Å²) in [6.45, 7) is -2.59. The van der Waals surface area contributed by atoms with Gasteiger partial charge in [0.05, 0.1) is 6.16 Å². The minimum absolute atomic E-state index is 0.0435. The Morgan fingerprint density at radius 3 is 1.48 bits per heavy atom. The number of rotatable bonds is 8. The Labute approximate surface area is 160 Å². The van der Waals surface area contributed by atoms with Crippen molar-refractivity contribution in [3.8, 4) is 0 Å². The molecule has 0 saturated carbocycles. The van der Waals surface area contributed by atoms with Crippen LogP contribution in [0, 0.1) is 0 Å². The molecule has 0 fully saturated rings. The van der Waals surface area contributed by atoms with Crippen molar-refractivity contribution in [1.29, 1.82) is 0 Å². The molecular formula is C24H28P+. The molecule has 25 heavy (non-hydrogen) atoms. The lowest BCUT2D eigenvalue weighted by atomic mass is 10.2. The molecule has 0 aliphatic rings. The van der Waals surface area contributed by atoms with E-state index in [0.717, 1.165) is 12.6 Å². The first kappa shape index (κ1) is 12.4. The van der Waals surface area contributed by atoms with Gasteiger partial charge in [0.1, 0.15) is 23.2 Å². The average Bonchev–Trinajstić information content (AvgIpc) is 2.75. The van der Waals surface area contributed by atoms with Crippen LogP contribution in [0.5, 0.6) is 0 Å². The SMILES string of the molecule is [2H]C([2H])([2H])C([2H])([2H])CCCC[P+](c1ccccc1)(c1ccccc1)c1ccccc1. The van der Waals surface area contributed by atoms with Gasteiger partial charge in [0.15, 0.2) is 0 Å². The maximum absolute atomic E-state index is 7.92. The lowest BCUT2D eigenvalue weighted by Gasteiger charge is -2.27. The fourth-order valence-electron chi connectivity index (χ4n) is 3.44. The van der Waals surface area contributed by atoms with E-state index in [4.69, 9.17) is 6.85 Å². The highest BCUT2D eigenvalue weighted by atomic mass is 31.2. The zero-order valence-electron chi connectivity index (χ0n) is 19.4. The Bertz CT molecular complexity index is 812. The molecule has 3 aromatic carbocycles. The fourth-order valence-corrected chi connectivity index (χ4v) is 7.85. The highest BCUT2D eigenvalue weighted by Gasteiger charge is 2.44. The summed E-state index contributed by atoms with van der Waals surface area (Å²) < 4.78 is 38.2. The van der Waals surface area contributed by atoms with Crippen molar-refractivity contribution in [1.82, 2.24) is 0 Å². The van der Waals surface area contributed by atoms with Gasteiger partial charge < -0.3 is 0 Å². The third-order valence-electron chi connectivity index (χ3n) is 4.64. The average molecular weight is 352 g/mol. The molecule has 0 atom stereocenters. The van der Waals surface area contributed by atoms with Crippen molar-refractivity contribution < 1.29 is 6.85 Å². The van der Waals surface area contributed by atoms with Gasteiger partial charge >= 0.3 is 0 Å². The van der Waals surface area contributed by atoms with Crippen molar-refractivity contribution in [3.63, 3.8) is 0 Å². The van der Waals surface area contributed by atoms with Crippen molar-refractivity contribution in [2.24, 2.45) is 0 Å². The molecule has 3 aromatic rings. The maximum atomic E-state index is 7.92. The molecule has 0 radical (unpaired) electrons. The third-order valence-corrected chi connectivity index (χ3v) is 9.16. The topological polar surface area (TPSA) is 0 Å². The van der Waals surface area contributed by atoms with Gasteiger partial charge in [-0.25, -0.2) is 0 Å². The van der Waals surface area contributed by atoms with Crippen LogP contribution in [0.3, 0.4) is 0 Å². The van der Waals surface area contributed by atoms with Crippen LogP contribution in [0.15, 0.2) is 91.0 Å². The van der Waals surface area contributed by atoms with Gasteiger partial charge in [-0.2, -0.15) is 0 Å².